The summed E-state index contributed by atoms with van der Waals surface area (Å²) in [6.45, 7) is 11.0. The van der Waals surface area contributed by atoms with Crippen molar-refractivity contribution in [3.05, 3.63) is 45.5 Å². The van der Waals surface area contributed by atoms with Crippen LogP contribution in [0.2, 0.25) is 0 Å². The van der Waals surface area contributed by atoms with Crippen LogP contribution in [0, 0.1) is 0 Å². The summed E-state index contributed by atoms with van der Waals surface area (Å²) in [4.78, 5) is 14.5. The Bertz CT molecular complexity index is 826. The molecule has 0 saturated carbocycles. The van der Waals surface area contributed by atoms with Gasteiger partial charge in [0.2, 0.25) is 0 Å². The van der Waals surface area contributed by atoms with E-state index in [9.17, 15) is 13.2 Å². The molecule has 29 heavy (non-hydrogen) atoms. The monoisotopic (exact) mass is 429 g/mol. The van der Waals surface area contributed by atoms with Crippen LogP contribution in [-0.2, 0) is 10.0 Å². The number of amides is 2. The molecule has 1 aliphatic rings. The predicted molar refractivity (Wildman–Crippen MR) is 115 cm³/mol. The fourth-order valence-corrected chi connectivity index (χ4v) is 4.34. The number of hydrogen-bond acceptors (Lipinski definition) is 4. The second kappa shape index (κ2) is 10.4. The Morgan fingerprint density at radius 2 is 1.76 bits per heavy atom. The molecule has 0 unspecified atom stereocenters. The van der Waals surface area contributed by atoms with Crippen LogP contribution in [0.1, 0.15) is 70.4 Å². The smallest absolute Gasteiger partial charge is 0.423 e. The number of likely N-dealkylation sites (tertiary alicyclic amines) is 1. The molecule has 0 aromatic heterocycles. The number of hydrogen-bond donors (Lipinski definition) is 1. The largest absolute Gasteiger partial charge is 1.00 e. The van der Waals surface area contributed by atoms with Gasteiger partial charge in [-0.05, 0) is 62.0 Å². The van der Waals surface area contributed by atoms with E-state index < -0.39 is 16.1 Å². The van der Waals surface area contributed by atoms with Gasteiger partial charge in [-0.2, -0.15) is 0 Å². The Labute approximate surface area is 197 Å². The topological polar surface area (TPSA) is 80.6 Å². The van der Waals surface area contributed by atoms with E-state index in [1.54, 1.807) is 6.08 Å². The summed E-state index contributed by atoms with van der Waals surface area (Å²) in [6, 6.07) is 4.97. The van der Waals surface area contributed by atoms with Crippen molar-refractivity contribution < 1.29 is 42.8 Å². The molecule has 1 aromatic carbocycles. The van der Waals surface area contributed by atoms with E-state index in [2.05, 4.69) is 14.9 Å². The summed E-state index contributed by atoms with van der Waals surface area (Å²) in [5, 5.41) is 3.76. The maximum Gasteiger partial charge on any atom is 1.00 e. The normalized spacial score (nSPS) is 20.3. The van der Waals surface area contributed by atoms with E-state index in [1.165, 1.54) is 0 Å². The molecule has 1 aromatic rings. The molecular weight excluding hydrogens is 397 g/mol. The van der Waals surface area contributed by atoms with Crippen molar-refractivity contribution in [2.24, 2.45) is 0 Å². The Kier molecular flexibility index (Phi) is 9.43. The predicted octanol–water partition coefficient (Wildman–Crippen LogP) is 2.17. The number of carbonyl (C=O) groups excluding carboxylic acids is 1. The SMILES string of the molecule is CC(C)c1cccc(C(C)C)c1NC(=O)[N-]S(=O)(=O)/C=C/[C@]1(C)CCCN1C.[Na+]. The number of benzene rings is 1. The summed E-state index contributed by atoms with van der Waals surface area (Å²) in [5.74, 6) is 0.367. The van der Waals surface area contributed by atoms with Crippen LogP contribution in [0.5, 0.6) is 0 Å². The van der Waals surface area contributed by atoms with Crippen LogP contribution in [0.4, 0.5) is 10.5 Å². The number of para-hydroxylation sites is 1. The molecule has 0 aliphatic carbocycles. The van der Waals surface area contributed by atoms with Gasteiger partial charge in [0.05, 0.1) is 0 Å². The van der Waals surface area contributed by atoms with Crippen molar-refractivity contribution in [3.63, 3.8) is 0 Å². The van der Waals surface area contributed by atoms with E-state index in [-0.39, 0.29) is 46.9 Å². The van der Waals surface area contributed by atoms with Crippen LogP contribution in [-0.4, -0.2) is 38.5 Å². The van der Waals surface area contributed by atoms with Gasteiger partial charge in [0.1, 0.15) is 0 Å². The average Bonchev–Trinajstić information content (AvgIpc) is 2.92. The summed E-state index contributed by atoms with van der Waals surface area (Å²) in [7, 11) is -2.05. The number of sulfonamides is 1. The molecule has 1 fully saturated rings. The molecule has 8 heteroatoms. The molecule has 1 saturated heterocycles. The Balaban J connectivity index is 0.00000420. The first-order valence-corrected chi connectivity index (χ1v) is 11.3. The number of nitrogens with one attached hydrogen (secondary N) is 1. The number of anilines is 1. The molecule has 0 radical (unpaired) electrons. The van der Waals surface area contributed by atoms with Crippen molar-refractivity contribution >= 4 is 21.7 Å². The van der Waals surface area contributed by atoms with Crippen LogP contribution in [0.25, 0.3) is 4.72 Å². The van der Waals surface area contributed by atoms with Crippen molar-refractivity contribution in [2.75, 3.05) is 18.9 Å². The molecule has 0 spiro atoms. The zero-order chi connectivity index (χ0) is 21.1. The van der Waals surface area contributed by atoms with Crippen molar-refractivity contribution in [1.82, 2.24) is 4.90 Å². The number of rotatable bonds is 6. The van der Waals surface area contributed by atoms with Gasteiger partial charge in [0.25, 0.3) is 0 Å². The van der Waals surface area contributed by atoms with Gasteiger partial charge in [0.15, 0.2) is 16.1 Å². The molecule has 1 heterocycles. The number of carbonyl (C=O) groups is 1. The summed E-state index contributed by atoms with van der Waals surface area (Å²) in [5.41, 5.74) is 2.25. The molecule has 2 amide bonds. The Morgan fingerprint density at radius 1 is 1.21 bits per heavy atom. The van der Waals surface area contributed by atoms with E-state index in [0.29, 0.717) is 5.69 Å². The zero-order valence-electron chi connectivity index (χ0n) is 18.7. The number of likely N-dealkylation sites (N-methyl/N-ethyl adjacent to an activating group) is 1. The van der Waals surface area contributed by atoms with E-state index in [1.807, 2.05) is 59.9 Å². The zero-order valence-corrected chi connectivity index (χ0v) is 21.5. The summed E-state index contributed by atoms with van der Waals surface area (Å²) in [6.07, 6.45) is 3.52. The molecule has 1 atom stereocenters. The van der Waals surface area contributed by atoms with E-state index >= 15 is 0 Å². The van der Waals surface area contributed by atoms with Gasteiger partial charge < -0.3 is 10.0 Å². The fourth-order valence-electron chi connectivity index (χ4n) is 3.53. The second-order valence-corrected chi connectivity index (χ2v) is 9.83. The standard InChI is InChI=1S/C21H33N3O3S.Na/c1-15(2)17-9-7-10-18(16(3)4)19(17)22-20(25)23-28(26,27)14-12-21(5)11-8-13-24(21)6;/h7,9-10,12,14-16H,8,11,13H2,1-6H3,(H2,22,23,25);/q;+1/p-1/b14-12+;/t21-;/m0./s1. The van der Waals surface area contributed by atoms with Gasteiger partial charge in [-0.1, -0.05) is 52.0 Å². The van der Waals surface area contributed by atoms with Crippen LogP contribution < -0.4 is 34.9 Å². The Hall–Kier alpha value is -0.860. The number of urea groups is 1. The quantitative estimate of drug-likeness (QED) is 0.703. The van der Waals surface area contributed by atoms with E-state index in [4.69, 9.17) is 0 Å². The summed E-state index contributed by atoms with van der Waals surface area (Å²) < 4.78 is 28.1. The molecule has 2 rings (SSSR count). The minimum atomic E-state index is -4.01. The fraction of sp³-hybridized carbons (Fsp3) is 0.571. The minimum Gasteiger partial charge on any atom is -0.423 e. The molecule has 0 bridgehead atoms. The minimum absolute atomic E-state index is 0. The third-order valence-corrected chi connectivity index (χ3v) is 6.36. The molecule has 1 aliphatic heterocycles. The van der Waals surface area contributed by atoms with Crippen molar-refractivity contribution in [2.45, 2.75) is 64.8 Å². The van der Waals surface area contributed by atoms with Gasteiger partial charge in [-0.15, -0.1) is 0 Å². The maximum absolute atomic E-state index is 12.4. The molecular formula is C21H32N3NaO3S. The third kappa shape index (κ3) is 6.82. The van der Waals surface area contributed by atoms with Gasteiger partial charge in [0, 0.05) is 10.9 Å². The first-order valence-electron chi connectivity index (χ1n) is 9.77. The first-order chi connectivity index (χ1) is 12.9. The molecule has 6 nitrogen and oxygen atoms in total. The van der Waals surface area contributed by atoms with Crippen LogP contribution in [0.15, 0.2) is 29.7 Å². The van der Waals surface area contributed by atoms with E-state index in [0.717, 1.165) is 35.9 Å². The average molecular weight is 430 g/mol. The molecule has 156 valence electrons. The van der Waals surface area contributed by atoms with Crippen LogP contribution >= 0.6 is 0 Å². The first kappa shape index (κ1) is 26.2. The summed E-state index contributed by atoms with van der Waals surface area (Å²) >= 11 is 0. The maximum atomic E-state index is 12.4. The second-order valence-electron chi connectivity index (χ2n) is 8.34. The third-order valence-electron chi connectivity index (χ3n) is 5.46. The van der Waals surface area contributed by atoms with Gasteiger partial charge >= 0.3 is 29.6 Å². The van der Waals surface area contributed by atoms with Crippen molar-refractivity contribution in [1.29, 1.82) is 0 Å². The van der Waals surface area contributed by atoms with Crippen molar-refractivity contribution in [3.8, 4) is 0 Å². The van der Waals surface area contributed by atoms with Crippen LogP contribution in [0.3, 0.4) is 0 Å². The molecule has 1 N–H and O–H groups in total. The number of nitrogens with zero attached hydrogens (tertiary/aromatic N) is 2. The van der Waals surface area contributed by atoms with Gasteiger partial charge in [-0.3, -0.25) is 9.69 Å². The van der Waals surface area contributed by atoms with Gasteiger partial charge in [-0.25, -0.2) is 8.42 Å². The Morgan fingerprint density at radius 3 is 2.21 bits per heavy atom.